The molecule has 1 saturated carbocycles. The van der Waals surface area contributed by atoms with Crippen molar-refractivity contribution in [2.45, 2.75) is 49.6 Å². The Morgan fingerprint density at radius 1 is 1.21 bits per heavy atom. The van der Waals surface area contributed by atoms with E-state index in [0.717, 1.165) is 30.7 Å². The minimum Gasteiger partial charge on any atom is -0.474 e. The average molecular weight is 405 g/mol. The number of benzene rings is 1. The standard InChI is InChI=1S/C19H23N3O5S/c1-28(25,26)18-12-15(22(23)24)7-8-17(18)21-13-14-9-10-20-19(11-14)27-16-5-3-2-4-6-16/h7-12,16,21H,2-6,13H2,1H3. The van der Waals surface area contributed by atoms with E-state index in [9.17, 15) is 18.5 Å². The molecular formula is C19H23N3O5S. The highest BCUT2D eigenvalue weighted by atomic mass is 32.2. The van der Waals surface area contributed by atoms with Crippen LogP contribution in [-0.4, -0.2) is 30.7 Å². The van der Waals surface area contributed by atoms with Gasteiger partial charge in [0.1, 0.15) is 6.10 Å². The number of hydrogen-bond donors (Lipinski definition) is 1. The van der Waals surface area contributed by atoms with Gasteiger partial charge >= 0.3 is 0 Å². The summed E-state index contributed by atoms with van der Waals surface area (Å²) in [4.78, 5) is 14.5. The summed E-state index contributed by atoms with van der Waals surface area (Å²) in [5.41, 5.74) is 0.927. The molecule has 1 aliphatic carbocycles. The van der Waals surface area contributed by atoms with Gasteiger partial charge < -0.3 is 10.1 Å². The first-order valence-electron chi connectivity index (χ1n) is 9.17. The third-order valence-electron chi connectivity index (χ3n) is 4.70. The average Bonchev–Trinajstić information content (AvgIpc) is 2.66. The Morgan fingerprint density at radius 2 is 1.96 bits per heavy atom. The number of hydrogen-bond acceptors (Lipinski definition) is 7. The molecule has 0 atom stereocenters. The van der Waals surface area contributed by atoms with E-state index < -0.39 is 14.8 Å². The first-order chi connectivity index (χ1) is 13.3. The van der Waals surface area contributed by atoms with Gasteiger partial charge in [0.2, 0.25) is 5.88 Å². The normalized spacial score (nSPS) is 15.2. The molecule has 2 aromatic rings. The van der Waals surface area contributed by atoms with Crippen LogP contribution < -0.4 is 10.1 Å². The molecular weight excluding hydrogens is 382 g/mol. The summed E-state index contributed by atoms with van der Waals surface area (Å²) in [5, 5.41) is 14.0. The van der Waals surface area contributed by atoms with Gasteiger partial charge in [-0.1, -0.05) is 6.42 Å². The number of anilines is 1. The van der Waals surface area contributed by atoms with Gasteiger partial charge in [0.25, 0.3) is 5.69 Å². The predicted octanol–water partition coefficient (Wildman–Crippen LogP) is 3.72. The lowest BCUT2D eigenvalue weighted by Crippen LogP contribution is -2.20. The Bertz CT molecular complexity index is 956. The van der Waals surface area contributed by atoms with Gasteiger partial charge in [0.05, 0.1) is 15.5 Å². The molecule has 9 heteroatoms. The largest absolute Gasteiger partial charge is 0.474 e. The van der Waals surface area contributed by atoms with Crippen LogP contribution in [0.5, 0.6) is 5.88 Å². The summed E-state index contributed by atoms with van der Waals surface area (Å²) in [6.07, 6.45) is 8.52. The second-order valence-corrected chi connectivity index (χ2v) is 8.93. The first-order valence-corrected chi connectivity index (χ1v) is 11.1. The van der Waals surface area contributed by atoms with Crippen molar-refractivity contribution in [3.63, 3.8) is 0 Å². The number of nitro groups is 1. The van der Waals surface area contributed by atoms with Crippen LogP contribution in [-0.2, 0) is 16.4 Å². The number of nitrogens with zero attached hydrogens (tertiary/aromatic N) is 2. The van der Waals surface area contributed by atoms with Crippen molar-refractivity contribution in [2.75, 3.05) is 11.6 Å². The molecule has 150 valence electrons. The van der Waals surface area contributed by atoms with Crippen molar-refractivity contribution in [1.82, 2.24) is 4.98 Å². The Labute approximate surface area is 164 Å². The SMILES string of the molecule is CS(=O)(=O)c1cc([N+](=O)[O-])ccc1NCc1ccnc(OC2CCCCC2)c1. The number of ether oxygens (including phenoxy) is 1. The van der Waals surface area contributed by atoms with Crippen LogP contribution in [0.2, 0.25) is 0 Å². The van der Waals surface area contributed by atoms with Crippen LogP contribution in [0.3, 0.4) is 0 Å². The zero-order chi connectivity index (χ0) is 20.1. The van der Waals surface area contributed by atoms with Gasteiger partial charge in [0.15, 0.2) is 9.84 Å². The third kappa shape index (κ3) is 5.19. The molecule has 1 aromatic carbocycles. The zero-order valence-corrected chi connectivity index (χ0v) is 16.4. The highest BCUT2D eigenvalue weighted by Crippen LogP contribution is 2.27. The van der Waals surface area contributed by atoms with Gasteiger partial charge in [-0.25, -0.2) is 13.4 Å². The lowest BCUT2D eigenvalue weighted by molar-refractivity contribution is -0.385. The Hall–Kier alpha value is -2.68. The van der Waals surface area contributed by atoms with Crippen LogP contribution in [0.25, 0.3) is 0 Å². The number of rotatable bonds is 7. The van der Waals surface area contributed by atoms with Gasteiger partial charge in [-0.15, -0.1) is 0 Å². The number of aromatic nitrogens is 1. The second-order valence-electron chi connectivity index (χ2n) is 6.94. The van der Waals surface area contributed by atoms with E-state index in [1.54, 1.807) is 6.20 Å². The lowest BCUT2D eigenvalue weighted by Gasteiger charge is -2.22. The summed E-state index contributed by atoms with van der Waals surface area (Å²) in [7, 11) is -3.63. The zero-order valence-electron chi connectivity index (χ0n) is 15.6. The van der Waals surface area contributed by atoms with E-state index >= 15 is 0 Å². The van der Waals surface area contributed by atoms with Crippen LogP contribution in [0.4, 0.5) is 11.4 Å². The number of nitrogens with one attached hydrogen (secondary N) is 1. The summed E-state index contributed by atoms with van der Waals surface area (Å²) in [6, 6.07) is 7.40. The Kier molecular flexibility index (Phi) is 6.13. The fourth-order valence-corrected chi connectivity index (χ4v) is 4.13. The van der Waals surface area contributed by atoms with Gasteiger partial charge in [-0.05, 0) is 43.4 Å². The van der Waals surface area contributed by atoms with Crippen LogP contribution in [0.15, 0.2) is 41.4 Å². The third-order valence-corrected chi connectivity index (χ3v) is 5.83. The van der Waals surface area contributed by atoms with Crippen LogP contribution in [0.1, 0.15) is 37.7 Å². The minimum atomic E-state index is -3.63. The summed E-state index contributed by atoms with van der Waals surface area (Å²) in [5.74, 6) is 0.554. The topological polar surface area (TPSA) is 111 Å². The first kappa shape index (κ1) is 20.1. The minimum absolute atomic E-state index is 0.102. The van der Waals surface area contributed by atoms with Crippen molar-refractivity contribution in [3.05, 3.63) is 52.2 Å². The second kappa shape index (κ2) is 8.55. The fourth-order valence-electron chi connectivity index (χ4n) is 3.25. The van der Waals surface area contributed by atoms with E-state index in [2.05, 4.69) is 10.3 Å². The molecule has 8 nitrogen and oxygen atoms in total. The van der Waals surface area contributed by atoms with Crippen molar-refractivity contribution in [2.24, 2.45) is 0 Å². The van der Waals surface area contributed by atoms with Gasteiger partial charge in [0, 0.05) is 37.2 Å². The molecule has 0 radical (unpaired) electrons. The molecule has 28 heavy (non-hydrogen) atoms. The van der Waals surface area contributed by atoms with Crippen molar-refractivity contribution in [1.29, 1.82) is 0 Å². The van der Waals surface area contributed by atoms with E-state index in [1.165, 1.54) is 31.4 Å². The highest BCUT2D eigenvalue weighted by Gasteiger charge is 2.19. The number of pyridine rings is 1. The molecule has 1 heterocycles. The van der Waals surface area contributed by atoms with E-state index in [-0.39, 0.29) is 16.7 Å². The quantitative estimate of drug-likeness (QED) is 0.552. The molecule has 0 aliphatic heterocycles. The summed E-state index contributed by atoms with van der Waals surface area (Å²) >= 11 is 0. The number of nitro benzene ring substituents is 1. The van der Waals surface area contributed by atoms with E-state index in [1.807, 2.05) is 12.1 Å². The molecule has 3 rings (SSSR count). The van der Waals surface area contributed by atoms with Gasteiger partial charge in [-0.2, -0.15) is 0 Å². The van der Waals surface area contributed by atoms with Crippen molar-refractivity contribution in [3.8, 4) is 5.88 Å². The fraction of sp³-hybridized carbons (Fsp3) is 0.421. The smallest absolute Gasteiger partial charge is 0.270 e. The molecule has 1 aliphatic rings. The summed E-state index contributed by atoms with van der Waals surface area (Å²) in [6.45, 7) is 0.337. The molecule has 0 amide bonds. The Morgan fingerprint density at radius 3 is 2.64 bits per heavy atom. The molecule has 0 bridgehead atoms. The molecule has 0 spiro atoms. The lowest BCUT2D eigenvalue weighted by atomic mass is 9.98. The van der Waals surface area contributed by atoms with E-state index in [4.69, 9.17) is 4.74 Å². The maximum Gasteiger partial charge on any atom is 0.270 e. The molecule has 0 saturated heterocycles. The van der Waals surface area contributed by atoms with Crippen LogP contribution >= 0.6 is 0 Å². The number of sulfone groups is 1. The van der Waals surface area contributed by atoms with Crippen molar-refractivity contribution >= 4 is 21.2 Å². The van der Waals surface area contributed by atoms with E-state index in [0.29, 0.717) is 18.1 Å². The number of non-ortho nitro benzene ring substituents is 1. The van der Waals surface area contributed by atoms with Gasteiger partial charge in [-0.3, -0.25) is 10.1 Å². The summed E-state index contributed by atoms with van der Waals surface area (Å²) < 4.78 is 30.0. The maximum atomic E-state index is 12.0. The monoisotopic (exact) mass is 405 g/mol. The molecule has 1 fully saturated rings. The molecule has 1 N–H and O–H groups in total. The Balaban J connectivity index is 1.73. The molecule has 1 aromatic heterocycles. The molecule has 0 unspecified atom stereocenters. The van der Waals surface area contributed by atoms with Crippen molar-refractivity contribution < 1.29 is 18.1 Å². The maximum absolute atomic E-state index is 12.0. The highest BCUT2D eigenvalue weighted by molar-refractivity contribution is 7.90. The predicted molar refractivity (Wildman–Crippen MR) is 105 cm³/mol. The van der Waals surface area contributed by atoms with Crippen LogP contribution in [0, 0.1) is 10.1 Å².